The van der Waals surface area contributed by atoms with Crippen LogP contribution < -0.4 is 0 Å². The predicted molar refractivity (Wildman–Crippen MR) is 54.9 cm³/mol. The maximum absolute atomic E-state index is 8.90. The minimum atomic E-state index is 0.113. The molecule has 0 aliphatic carbocycles. The number of hydrogen-bond acceptors (Lipinski definition) is 2. The lowest BCUT2D eigenvalue weighted by Gasteiger charge is -2.11. The largest absolute Gasteiger partial charge is 0.392 e. The van der Waals surface area contributed by atoms with E-state index in [9.17, 15) is 0 Å². The molecule has 0 aromatic heterocycles. The molecule has 1 saturated heterocycles. The lowest BCUT2D eigenvalue weighted by atomic mass is 10.0. The Kier molecular flexibility index (Phi) is 2.85. The molecule has 1 N–H and O–H groups in total. The minimum Gasteiger partial charge on any atom is -0.392 e. The summed E-state index contributed by atoms with van der Waals surface area (Å²) in [5.74, 6) is 0. The summed E-state index contributed by atoms with van der Waals surface area (Å²) >= 11 is 0. The van der Waals surface area contributed by atoms with Gasteiger partial charge in [0, 0.05) is 0 Å². The number of ether oxygens (including phenoxy) is 1. The van der Waals surface area contributed by atoms with E-state index in [-0.39, 0.29) is 12.7 Å². The van der Waals surface area contributed by atoms with Crippen molar-refractivity contribution in [1.29, 1.82) is 0 Å². The van der Waals surface area contributed by atoms with E-state index in [1.54, 1.807) is 0 Å². The molecule has 2 unspecified atom stereocenters. The fourth-order valence-electron chi connectivity index (χ4n) is 1.89. The molecular weight excluding hydrogens is 176 g/mol. The highest BCUT2D eigenvalue weighted by Gasteiger charge is 2.22. The summed E-state index contributed by atoms with van der Waals surface area (Å²) in [6.07, 6.45) is 2.90. The van der Waals surface area contributed by atoms with Gasteiger partial charge in [0.05, 0.1) is 18.8 Å². The number of aliphatic hydroxyl groups is 1. The number of rotatable bonds is 2. The van der Waals surface area contributed by atoms with Crippen molar-refractivity contribution in [2.45, 2.75) is 38.6 Å². The Morgan fingerprint density at radius 3 is 2.50 bits per heavy atom. The Morgan fingerprint density at radius 1 is 1.29 bits per heavy atom. The number of hydrogen-bond donors (Lipinski definition) is 1. The Labute approximate surface area is 84.5 Å². The fourth-order valence-corrected chi connectivity index (χ4v) is 1.89. The normalized spacial score (nSPS) is 26.7. The molecular formula is C12H16O2. The van der Waals surface area contributed by atoms with E-state index in [4.69, 9.17) is 9.84 Å². The van der Waals surface area contributed by atoms with E-state index in [1.165, 1.54) is 5.56 Å². The van der Waals surface area contributed by atoms with Crippen molar-refractivity contribution in [3.8, 4) is 0 Å². The molecule has 0 spiro atoms. The Bertz CT molecular complexity index is 292. The van der Waals surface area contributed by atoms with Crippen LogP contribution in [0.15, 0.2) is 24.3 Å². The first kappa shape index (κ1) is 9.69. The third-order valence-electron chi connectivity index (χ3n) is 2.77. The van der Waals surface area contributed by atoms with Crippen LogP contribution in [-0.2, 0) is 11.3 Å². The van der Waals surface area contributed by atoms with E-state index < -0.39 is 0 Å². The second kappa shape index (κ2) is 4.11. The molecule has 0 radical (unpaired) electrons. The van der Waals surface area contributed by atoms with Crippen LogP contribution in [0.2, 0.25) is 0 Å². The van der Waals surface area contributed by atoms with Crippen molar-refractivity contribution in [3.05, 3.63) is 35.4 Å². The average Bonchev–Trinajstić information content (AvgIpc) is 2.65. The van der Waals surface area contributed by atoms with Crippen LogP contribution in [0.1, 0.15) is 37.0 Å². The zero-order chi connectivity index (χ0) is 9.97. The maximum atomic E-state index is 8.90. The molecule has 1 aliphatic heterocycles. The molecule has 2 rings (SSSR count). The molecule has 0 bridgehead atoms. The predicted octanol–water partition coefficient (Wildman–Crippen LogP) is 2.42. The summed E-state index contributed by atoms with van der Waals surface area (Å²) < 4.78 is 5.76. The lowest BCUT2D eigenvalue weighted by Crippen LogP contribution is -2.00. The third kappa shape index (κ3) is 1.97. The van der Waals surface area contributed by atoms with Gasteiger partial charge in [0.25, 0.3) is 0 Å². The van der Waals surface area contributed by atoms with Gasteiger partial charge in [-0.05, 0) is 30.9 Å². The van der Waals surface area contributed by atoms with Crippen molar-refractivity contribution in [3.63, 3.8) is 0 Å². The van der Waals surface area contributed by atoms with E-state index in [0.29, 0.717) is 6.10 Å². The summed E-state index contributed by atoms with van der Waals surface area (Å²) in [4.78, 5) is 0. The zero-order valence-electron chi connectivity index (χ0n) is 8.44. The zero-order valence-corrected chi connectivity index (χ0v) is 8.44. The third-order valence-corrected chi connectivity index (χ3v) is 2.77. The standard InChI is InChI=1S/C12H16O2/c1-9-2-7-12(14-9)11-5-3-10(8-13)4-6-11/h3-6,9,12-13H,2,7-8H2,1H3. The van der Waals surface area contributed by atoms with E-state index in [2.05, 4.69) is 6.92 Å². The number of benzene rings is 1. The van der Waals surface area contributed by atoms with E-state index in [0.717, 1.165) is 18.4 Å². The van der Waals surface area contributed by atoms with Gasteiger partial charge in [-0.3, -0.25) is 0 Å². The minimum absolute atomic E-state index is 0.113. The van der Waals surface area contributed by atoms with Crippen LogP contribution in [0.4, 0.5) is 0 Å². The molecule has 2 heteroatoms. The molecule has 1 aromatic carbocycles. The highest BCUT2D eigenvalue weighted by Crippen LogP contribution is 2.32. The Hall–Kier alpha value is -0.860. The quantitative estimate of drug-likeness (QED) is 0.779. The molecule has 0 amide bonds. The smallest absolute Gasteiger partial charge is 0.0829 e. The van der Waals surface area contributed by atoms with Crippen LogP contribution in [0, 0.1) is 0 Å². The van der Waals surface area contributed by atoms with Gasteiger partial charge in [0.15, 0.2) is 0 Å². The van der Waals surface area contributed by atoms with Gasteiger partial charge in [-0.1, -0.05) is 24.3 Å². The molecule has 2 nitrogen and oxygen atoms in total. The maximum Gasteiger partial charge on any atom is 0.0829 e. The van der Waals surface area contributed by atoms with Crippen LogP contribution in [0.3, 0.4) is 0 Å². The average molecular weight is 192 g/mol. The summed E-state index contributed by atoms with van der Waals surface area (Å²) in [6, 6.07) is 8.02. The fraction of sp³-hybridized carbons (Fsp3) is 0.500. The summed E-state index contributed by atoms with van der Waals surface area (Å²) in [5, 5.41) is 8.90. The first-order valence-corrected chi connectivity index (χ1v) is 5.15. The van der Waals surface area contributed by atoms with Gasteiger partial charge in [0.2, 0.25) is 0 Å². The van der Waals surface area contributed by atoms with Gasteiger partial charge < -0.3 is 9.84 Å². The first-order chi connectivity index (χ1) is 6.79. The SMILES string of the molecule is CC1CCC(c2ccc(CO)cc2)O1. The van der Waals surface area contributed by atoms with Gasteiger partial charge in [-0.25, -0.2) is 0 Å². The van der Waals surface area contributed by atoms with Crippen LogP contribution in [-0.4, -0.2) is 11.2 Å². The van der Waals surface area contributed by atoms with Crippen molar-refractivity contribution in [2.75, 3.05) is 0 Å². The second-order valence-electron chi connectivity index (χ2n) is 3.91. The topological polar surface area (TPSA) is 29.5 Å². The van der Waals surface area contributed by atoms with Gasteiger partial charge in [-0.2, -0.15) is 0 Å². The van der Waals surface area contributed by atoms with Crippen LogP contribution in [0.5, 0.6) is 0 Å². The van der Waals surface area contributed by atoms with Crippen molar-refractivity contribution in [2.24, 2.45) is 0 Å². The Morgan fingerprint density at radius 2 is 2.00 bits per heavy atom. The van der Waals surface area contributed by atoms with Crippen LogP contribution in [0.25, 0.3) is 0 Å². The summed E-state index contributed by atoms with van der Waals surface area (Å²) in [6.45, 7) is 2.23. The molecule has 1 fully saturated rings. The highest BCUT2D eigenvalue weighted by molar-refractivity contribution is 5.24. The van der Waals surface area contributed by atoms with Gasteiger partial charge in [-0.15, -0.1) is 0 Å². The Balaban J connectivity index is 2.09. The summed E-state index contributed by atoms with van der Waals surface area (Å²) in [5.41, 5.74) is 2.19. The van der Waals surface area contributed by atoms with Gasteiger partial charge >= 0.3 is 0 Å². The lowest BCUT2D eigenvalue weighted by molar-refractivity contribution is 0.0555. The molecule has 1 aliphatic rings. The highest BCUT2D eigenvalue weighted by atomic mass is 16.5. The molecule has 1 aromatic rings. The molecule has 2 atom stereocenters. The molecule has 76 valence electrons. The molecule has 14 heavy (non-hydrogen) atoms. The summed E-state index contributed by atoms with van der Waals surface area (Å²) in [7, 11) is 0. The van der Waals surface area contributed by atoms with E-state index in [1.807, 2.05) is 24.3 Å². The van der Waals surface area contributed by atoms with Crippen molar-refractivity contribution in [1.82, 2.24) is 0 Å². The van der Waals surface area contributed by atoms with Gasteiger partial charge in [0.1, 0.15) is 0 Å². The first-order valence-electron chi connectivity index (χ1n) is 5.15. The number of aliphatic hydroxyl groups excluding tert-OH is 1. The van der Waals surface area contributed by atoms with Crippen molar-refractivity contribution >= 4 is 0 Å². The van der Waals surface area contributed by atoms with Crippen molar-refractivity contribution < 1.29 is 9.84 Å². The second-order valence-corrected chi connectivity index (χ2v) is 3.91. The van der Waals surface area contributed by atoms with E-state index >= 15 is 0 Å². The van der Waals surface area contributed by atoms with Crippen LogP contribution >= 0.6 is 0 Å². The monoisotopic (exact) mass is 192 g/mol. The molecule has 0 saturated carbocycles. The molecule has 1 heterocycles.